The Hall–Kier alpha value is -1.55. The number of amides is 1. The molecule has 0 spiro atoms. The standard InChI is InChI=1S/C14H14BrNO2/c1-16(10-13-3-2-8-18-13)14(17)12-6-4-11(9-15)5-7-12/h2-8H,9-10H2,1H3. The molecule has 0 unspecified atom stereocenters. The van der Waals surface area contributed by atoms with E-state index in [-0.39, 0.29) is 5.91 Å². The third-order valence-corrected chi connectivity index (χ3v) is 3.32. The molecule has 0 fully saturated rings. The van der Waals surface area contributed by atoms with Crippen molar-refractivity contribution in [2.24, 2.45) is 0 Å². The average Bonchev–Trinajstić information content (AvgIpc) is 2.91. The molecular formula is C14H14BrNO2. The molecule has 2 rings (SSSR count). The molecule has 18 heavy (non-hydrogen) atoms. The summed E-state index contributed by atoms with van der Waals surface area (Å²) in [5, 5.41) is 0.795. The van der Waals surface area contributed by atoms with E-state index in [9.17, 15) is 4.79 Å². The molecule has 0 saturated carbocycles. The van der Waals surface area contributed by atoms with Crippen molar-refractivity contribution < 1.29 is 9.21 Å². The highest BCUT2D eigenvalue weighted by atomic mass is 79.9. The van der Waals surface area contributed by atoms with Gasteiger partial charge in [0.15, 0.2) is 0 Å². The van der Waals surface area contributed by atoms with Crippen molar-refractivity contribution >= 4 is 21.8 Å². The topological polar surface area (TPSA) is 33.5 Å². The number of carbonyl (C=O) groups is 1. The summed E-state index contributed by atoms with van der Waals surface area (Å²) in [7, 11) is 1.77. The monoisotopic (exact) mass is 307 g/mol. The molecule has 0 aliphatic rings. The molecule has 3 nitrogen and oxygen atoms in total. The SMILES string of the molecule is CN(Cc1ccco1)C(=O)c1ccc(CBr)cc1. The smallest absolute Gasteiger partial charge is 0.254 e. The zero-order chi connectivity index (χ0) is 13.0. The fourth-order valence-electron chi connectivity index (χ4n) is 1.66. The second-order valence-corrected chi connectivity index (χ2v) is 4.63. The van der Waals surface area contributed by atoms with Gasteiger partial charge in [0.05, 0.1) is 12.8 Å². The first-order chi connectivity index (χ1) is 8.70. The molecule has 0 N–H and O–H groups in total. The number of benzene rings is 1. The largest absolute Gasteiger partial charge is 0.467 e. The van der Waals surface area contributed by atoms with Gasteiger partial charge in [-0.2, -0.15) is 0 Å². The average molecular weight is 308 g/mol. The van der Waals surface area contributed by atoms with E-state index in [2.05, 4.69) is 15.9 Å². The molecule has 2 aromatic rings. The van der Waals surface area contributed by atoms with Gasteiger partial charge in [0.25, 0.3) is 5.91 Å². The number of carbonyl (C=O) groups excluding carboxylic acids is 1. The summed E-state index contributed by atoms with van der Waals surface area (Å²) in [5.74, 6) is 0.774. The van der Waals surface area contributed by atoms with Gasteiger partial charge in [0, 0.05) is 17.9 Å². The third-order valence-electron chi connectivity index (χ3n) is 2.67. The van der Waals surface area contributed by atoms with Gasteiger partial charge >= 0.3 is 0 Å². The lowest BCUT2D eigenvalue weighted by molar-refractivity contribution is 0.0775. The maximum Gasteiger partial charge on any atom is 0.254 e. The number of furan rings is 1. The molecule has 1 amide bonds. The number of alkyl halides is 1. The van der Waals surface area contributed by atoms with E-state index < -0.39 is 0 Å². The lowest BCUT2D eigenvalue weighted by Crippen LogP contribution is -2.25. The van der Waals surface area contributed by atoms with Crippen molar-refractivity contribution in [1.29, 1.82) is 0 Å². The van der Waals surface area contributed by atoms with Crippen LogP contribution in [-0.4, -0.2) is 17.9 Å². The Labute approximate surface area is 115 Å². The Balaban J connectivity index is 2.05. The normalized spacial score (nSPS) is 10.3. The number of rotatable bonds is 4. The highest BCUT2D eigenvalue weighted by Gasteiger charge is 2.12. The fourth-order valence-corrected chi connectivity index (χ4v) is 2.04. The summed E-state index contributed by atoms with van der Waals surface area (Å²) < 4.78 is 5.23. The number of hydrogen-bond acceptors (Lipinski definition) is 2. The number of nitrogens with zero attached hydrogens (tertiary/aromatic N) is 1. The molecule has 0 bridgehead atoms. The Morgan fingerprint density at radius 3 is 2.56 bits per heavy atom. The van der Waals surface area contributed by atoms with Crippen molar-refractivity contribution in [3.8, 4) is 0 Å². The molecule has 1 aromatic heterocycles. The molecule has 0 saturated heterocycles. The molecule has 1 heterocycles. The van der Waals surface area contributed by atoms with Gasteiger partial charge in [-0.25, -0.2) is 0 Å². The van der Waals surface area contributed by atoms with Crippen molar-refractivity contribution in [3.05, 3.63) is 59.5 Å². The fraction of sp³-hybridized carbons (Fsp3) is 0.214. The molecule has 0 radical (unpaired) electrons. The van der Waals surface area contributed by atoms with Gasteiger partial charge in [-0.15, -0.1) is 0 Å². The summed E-state index contributed by atoms with van der Waals surface area (Å²) in [6, 6.07) is 11.3. The van der Waals surface area contributed by atoms with Crippen LogP contribution in [0.25, 0.3) is 0 Å². The van der Waals surface area contributed by atoms with E-state index in [4.69, 9.17) is 4.42 Å². The van der Waals surface area contributed by atoms with E-state index in [0.29, 0.717) is 12.1 Å². The summed E-state index contributed by atoms with van der Waals surface area (Å²) in [5.41, 5.74) is 1.84. The summed E-state index contributed by atoms with van der Waals surface area (Å²) in [6.45, 7) is 0.478. The zero-order valence-electron chi connectivity index (χ0n) is 10.1. The van der Waals surface area contributed by atoms with Gasteiger partial charge in [0.1, 0.15) is 5.76 Å². The van der Waals surface area contributed by atoms with Crippen molar-refractivity contribution in [2.75, 3.05) is 7.05 Å². The van der Waals surface area contributed by atoms with Gasteiger partial charge in [0.2, 0.25) is 0 Å². The maximum atomic E-state index is 12.1. The molecule has 0 aliphatic carbocycles. The quantitative estimate of drug-likeness (QED) is 0.811. The predicted octanol–water partition coefficient (Wildman–Crippen LogP) is 3.45. The van der Waals surface area contributed by atoms with Crippen LogP contribution in [0.2, 0.25) is 0 Å². The molecule has 94 valence electrons. The van der Waals surface area contributed by atoms with Crippen LogP contribution in [0, 0.1) is 0 Å². The second-order valence-electron chi connectivity index (χ2n) is 4.07. The lowest BCUT2D eigenvalue weighted by Gasteiger charge is -2.15. The van der Waals surface area contributed by atoms with Gasteiger partial charge in [-0.3, -0.25) is 4.79 Å². The van der Waals surface area contributed by atoms with E-state index >= 15 is 0 Å². The summed E-state index contributed by atoms with van der Waals surface area (Å²) in [4.78, 5) is 13.8. The Kier molecular flexibility index (Phi) is 4.20. The van der Waals surface area contributed by atoms with Crippen molar-refractivity contribution in [3.63, 3.8) is 0 Å². The second kappa shape index (κ2) is 5.87. The van der Waals surface area contributed by atoms with Crippen LogP contribution in [0.4, 0.5) is 0 Å². The van der Waals surface area contributed by atoms with Crippen LogP contribution in [-0.2, 0) is 11.9 Å². The van der Waals surface area contributed by atoms with E-state index in [0.717, 1.165) is 16.7 Å². The Bertz CT molecular complexity index is 505. The van der Waals surface area contributed by atoms with E-state index in [1.807, 2.05) is 36.4 Å². The van der Waals surface area contributed by atoms with Gasteiger partial charge in [-0.1, -0.05) is 28.1 Å². The van der Waals surface area contributed by atoms with Crippen LogP contribution in [0.3, 0.4) is 0 Å². The number of hydrogen-bond donors (Lipinski definition) is 0. The van der Waals surface area contributed by atoms with Crippen molar-refractivity contribution in [2.45, 2.75) is 11.9 Å². The van der Waals surface area contributed by atoms with Crippen molar-refractivity contribution in [1.82, 2.24) is 4.90 Å². The Morgan fingerprint density at radius 1 is 1.28 bits per heavy atom. The molecule has 1 aromatic carbocycles. The first kappa shape index (κ1) is 12.9. The van der Waals surface area contributed by atoms with Crippen LogP contribution >= 0.6 is 15.9 Å². The van der Waals surface area contributed by atoms with Gasteiger partial charge in [-0.05, 0) is 29.8 Å². The minimum atomic E-state index is -0.00692. The third kappa shape index (κ3) is 3.01. The van der Waals surface area contributed by atoms with E-state index in [1.54, 1.807) is 18.2 Å². The minimum Gasteiger partial charge on any atom is -0.467 e. The summed E-state index contributed by atoms with van der Waals surface area (Å²) >= 11 is 3.38. The van der Waals surface area contributed by atoms with E-state index in [1.165, 1.54) is 0 Å². The molecule has 0 atom stereocenters. The molecular weight excluding hydrogens is 294 g/mol. The first-order valence-electron chi connectivity index (χ1n) is 5.63. The van der Waals surface area contributed by atoms with Crippen LogP contribution in [0.15, 0.2) is 47.1 Å². The highest BCUT2D eigenvalue weighted by Crippen LogP contribution is 2.11. The van der Waals surface area contributed by atoms with Crippen LogP contribution < -0.4 is 0 Å². The van der Waals surface area contributed by atoms with Gasteiger partial charge < -0.3 is 9.32 Å². The first-order valence-corrected chi connectivity index (χ1v) is 6.75. The van der Waals surface area contributed by atoms with Crippen LogP contribution in [0.5, 0.6) is 0 Å². The number of halogens is 1. The van der Waals surface area contributed by atoms with Crippen LogP contribution in [0.1, 0.15) is 21.7 Å². The maximum absolute atomic E-state index is 12.1. The highest BCUT2D eigenvalue weighted by molar-refractivity contribution is 9.08. The minimum absolute atomic E-state index is 0.00692. The molecule has 0 aliphatic heterocycles. The Morgan fingerprint density at radius 2 is 2.00 bits per heavy atom. The summed E-state index contributed by atoms with van der Waals surface area (Å²) in [6.07, 6.45) is 1.61. The zero-order valence-corrected chi connectivity index (χ0v) is 11.7. The predicted molar refractivity (Wildman–Crippen MR) is 73.6 cm³/mol. The molecule has 4 heteroatoms. The lowest BCUT2D eigenvalue weighted by atomic mass is 10.1.